The largest absolute Gasteiger partial charge is 0.444 e. The van der Waals surface area contributed by atoms with Gasteiger partial charge in [0.2, 0.25) is 0 Å². The van der Waals surface area contributed by atoms with Crippen LogP contribution < -0.4 is 0 Å². The molecule has 138 valence electrons. The Bertz CT molecular complexity index is 580. The summed E-state index contributed by atoms with van der Waals surface area (Å²) in [6.45, 7) is 7.10. The third kappa shape index (κ3) is 6.86. The zero-order valence-electron chi connectivity index (χ0n) is 15.3. The van der Waals surface area contributed by atoms with Crippen molar-refractivity contribution in [2.24, 2.45) is 0 Å². The fourth-order valence-corrected chi connectivity index (χ4v) is 2.64. The molecular formula is C20H28FNO3. The van der Waals surface area contributed by atoms with Crippen molar-refractivity contribution in [3.05, 3.63) is 47.5 Å². The van der Waals surface area contributed by atoms with E-state index in [-0.39, 0.29) is 6.54 Å². The molecule has 1 aromatic carbocycles. The summed E-state index contributed by atoms with van der Waals surface area (Å²) in [6.07, 6.45) is 1.55. The average molecular weight is 349 g/mol. The molecule has 0 saturated carbocycles. The number of amides is 1. The topological polar surface area (TPSA) is 38.8 Å². The second-order valence-corrected chi connectivity index (χ2v) is 7.25. The zero-order valence-corrected chi connectivity index (χ0v) is 15.3. The van der Waals surface area contributed by atoms with Crippen LogP contribution in [-0.4, -0.2) is 42.5 Å². The minimum Gasteiger partial charge on any atom is -0.444 e. The number of benzene rings is 1. The monoisotopic (exact) mass is 349 g/mol. The number of rotatable bonds is 5. The van der Waals surface area contributed by atoms with Gasteiger partial charge in [-0.1, -0.05) is 36.4 Å². The van der Waals surface area contributed by atoms with E-state index in [0.717, 1.165) is 11.1 Å². The van der Waals surface area contributed by atoms with Crippen LogP contribution in [-0.2, 0) is 16.1 Å². The molecule has 1 aromatic rings. The SMILES string of the molecule is CC(C)(C)OC(=O)N1CC/C(=C\CCOCc2ccccc2)C(F)C1. The number of alkyl halides is 1. The standard InChI is InChI=1S/C20H28FNO3/c1-20(2,3)25-19(23)22-12-11-17(18(21)14-22)10-7-13-24-15-16-8-5-4-6-9-16/h4-6,8-10,18H,7,11-15H2,1-3H3/b17-10+. The first-order valence-electron chi connectivity index (χ1n) is 8.78. The molecule has 5 heteroatoms. The number of likely N-dealkylation sites (tertiary alicyclic amines) is 1. The number of hydrogen-bond acceptors (Lipinski definition) is 3. The van der Waals surface area contributed by atoms with Crippen molar-refractivity contribution in [2.75, 3.05) is 19.7 Å². The first-order chi connectivity index (χ1) is 11.8. The molecule has 4 nitrogen and oxygen atoms in total. The molecule has 1 aliphatic rings. The smallest absolute Gasteiger partial charge is 0.410 e. The number of carbonyl (C=O) groups excluding carboxylic acids is 1. The summed E-state index contributed by atoms with van der Waals surface area (Å²) in [5.74, 6) is 0. The highest BCUT2D eigenvalue weighted by Gasteiger charge is 2.29. The average Bonchev–Trinajstić information content (AvgIpc) is 2.55. The quantitative estimate of drug-likeness (QED) is 0.580. The molecule has 0 aromatic heterocycles. The molecule has 0 aliphatic carbocycles. The van der Waals surface area contributed by atoms with Crippen molar-refractivity contribution in [3.8, 4) is 0 Å². The van der Waals surface area contributed by atoms with Gasteiger partial charge >= 0.3 is 6.09 Å². The Morgan fingerprint density at radius 2 is 2.04 bits per heavy atom. The van der Waals surface area contributed by atoms with Crippen LogP contribution in [0.25, 0.3) is 0 Å². The number of hydrogen-bond donors (Lipinski definition) is 0. The lowest BCUT2D eigenvalue weighted by Crippen LogP contribution is -2.44. The summed E-state index contributed by atoms with van der Waals surface area (Å²) in [5, 5.41) is 0. The molecule has 0 bridgehead atoms. The lowest BCUT2D eigenvalue weighted by atomic mass is 10.0. The fourth-order valence-electron chi connectivity index (χ4n) is 2.64. The molecule has 0 spiro atoms. The van der Waals surface area contributed by atoms with Gasteiger partial charge in [0.05, 0.1) is 19.8 Å². The summed E-state index contributed by atoms with van der Waals surface area (Å²) >= 11 is 0. The molecule has 1 saturated heterocycles. The second-order valence-electron chi connectivity index (χ2n) is 7.25. The van der Waals surface area contributed by atoms with Crippen LogP contribution in [0.3, 0.4) is 0 Å². The summed E-state index contributed by atoms with van der Waals surface area (Å²) in [4.78, 5) is 13.4. The van der Waals surface area contributed by atoms with Gasteiger partial charge in [-0.15, -0.1) is 0 Å². The van der Waals surface area contributed by atoms with E-state index >= 15 is 0 Å². The van der Waals surface area contributed by atoms with Crippen LogP contribution in [0.4, 0.5) is 9.18 Å². The van der Waals surface area contributed by atoms with Gasteiger partial charge in [-0.2, -0.15) is 0 Å². The summed E-state index contributed by atoms with van der Waals surface area (Å²) in [5.41, 5.74) is 1.32. The molecule has 2 rings (SSSR count). The Kier molecular flexibility index (Phi) is 7.00. The third-order valence-corrected chi connectivity index (χ3v) is 3.89. The Labute approximate surface area is 149 Å². The van der Waals surface area contributed by atoms with Crippen molar-refractivity contribution < 1.29 is 18.7 Å². The Hall–Kier alpha value is -1.88. The predicted octanol–water partition coefficient (Wildman–Crippen LogP) is 4.50. The van der Waals surface area contributed by atoms with Crippen molar-refractivity contribution in [1.82, 2.24) is 4.90 Å². The Morgan fingerprint density at radius 1 is 1.32 bits per heavy atom. The highest BCUT2D eigenvalue weighted by atomic mass is 19.1. The van der Waals surface area contributed by atoms with E-state index in [2.05, 4.69) is 0 Å². The number of carbonyl (C=O) groups is 1. The van der Waals surface area contributed by atoms with E-state index in [4.69, 9.17) is 9.47 Å². The van der Waals surface area contributed by atoms with Gasteiger partial charge in [-0.05, 0) is 44.7 Å². The maximum Gasteiger partial charge on any atom is 0.410 e. The summed E-state index contributed by atoms with van der Waals surface area (Å²) in [7, 11) is 0. The summed E-state index contributed by atoms with van der Waals surface area (Å²) in [6, 6.07) is 9.96. The molecular weight excluding hydrogens is 321 g/mol. The van der Waals surface area contributed by atoms with Crippen LogP contribution in [0.5, 0.6) is 0 Å². The predicted molar refractivity (Wildman–Crippen MR) is 96.1 cm³/mol. The Balaban J connectivity index is 1.71. The maximum absolute atomic E-state index is 14.3. The van der Waals surface area contributed by atoms with Gasteiger partial charge in [0.15, 0.2) is 0 Å². The van der Waals surface area contributed by atoms with E-state index in [9.17, 15) is 9.18 Å². The molecule has 0 N–H and O–H groups in total. The van der Waals surface area contributed by atoms with Crippen molar-refractivity contribution in [1.29, 1.82) is 0 Å². The molecule has 1 heterocycles. The van der Waals surface area contributed by atoms with Crippen molar-refractivity contribution in [3.63, 3.8) is 0 Å². The first kappa shape index (κ1) is 19.4. The first-order valence-corrected chi connectivity index (χ1v) is 8.78. The molecule has 1 fully saturated rings. The molecule has 1 unspecified atom stereocenters. The minimum atomic E-state index is -1.13. The highest BCUT2D eigenvalue weighted by Crippen LogP contribution is 2.22. The van der Waals surface area contributed by atoms with E-state index in [1.165, 1.54) is 4.90 Å². The Morgan fingerprint density at radius 3 is 2.68 bits per heavy atom. The van der Waals surface area contributed by atoms with E-state index in [0.29, 0.717) is 32.6 Å². The van der Waals surface area contributed by atoms with Crippen LogP contribution in [0, 0.1) is 0 Å². The number of piperidine rings is 1. The number of halogens is 1. The van der Waals surface area contributed by atoms with E-state index in [1.807, 2.05) is 57.2 Å². The lowest BCUT2D eigenvalue weighted by molar-refractivity contribution is 0.0184. The lowest BCUT2D eigenvalue weighted by Gasteiger charge is -2.32. The van der Waals surface area contributed by atoms with Crippen molar-refractivity contribution >= 4 is 6.09 Å². The molecule has 0 radical (unpaired) electrons. The van der Waals surface area contributed by atoms with Gasteiger partial charge in [0.25, 0.3) is 0 Å². The molecule has 1 amide bonds. The van der Waals surface area contributed by atoms with Crippen LogP contribution in [0.1, 0.15) is 39.2 Å². The van der Waals surface area contributed by atoms with Crippen LogP contribution >= 0.6 is 0 Å². The highest BCUT2D eigenvalue weighted by molar-refractivity contribution is 5.68. The van der Waals surface area contributed by atoms with Gasteiger partial charge in [-0.3, -0.25) is 0 Å². The van der Waals surface area contributed by atoms with Crippen LogP contribution in [0.2, 0.25) is 0 Å². The molecule has 1 aliphatic heterocycles. The maximum atomic E-state index is 14.3. The molecule has 25 heavy (non-hydrogen) atoms. The van der Waals surface area contributed by atoms with E-state index < -0.39 is 17.9 Å². The number of nitrogens with zero attached hydrogens (tertiary/aromatic N) is 1. The minimum absolute atomic E-state index is 0.0611. The summed E-state index contributed by atoms with van der Waals surface area (Å²) < 4.78 is 25.2. The van der Waals surface area contributed by atoms with Gasteiger partial charge in [0, 0.05) is 6.54 Å². The third-order valence-electron chi connectivity index (χ3n) is 3.89. The normalized spacial score (nSPS) is 19.9. The molecule has 1 atom stereocenters. The van der Waals surface area contributed by atoms with Crippen molar-refractivity contribution in [2.45, 2.75) is 52.0 Å². The van der Waals surface area contributed by atoms with Gasteiger partial charge in [0.1, 0.15) is 11.8 Å². The fraction of sp³-hybridized carbons (Fsp3) is 0.550. The second kappa shape index (κ2) is 8.99. The zero-order chi connectivity index (χ0) is 18.3. The van der Waals surface area contributed by atoms with Gasteiger partial charge in [-0.25, -0.2) is 9.18 Å². The van der Waals surface area contributed by atoms with Gasteiger partial charge < -0.3 is 14.4 Å². The number of ether oxygens (including phenoxy) is 2. The van der Waals surface area contributed by atoms with Crippen LogP contribution in [0.15, 0.2) is 42.0 Å². The van der Waals surface area contributed by atoms with E-state index in [1.54, 1.807) is 0 Å².